The highest BCUT2D eigenvalue weighted by Gasteiger charge is 2.60. The van der Waals surface area contributed by atoms with Gasteiger partial charge in [0.1, 0.15) is 11.5 Å². The highest BCUT2D eigenvalue weighted by Crippen LogP contribution is 2.64. The summed E-state index contributed by atoms with van der Waals surface area (Å²) in [5, 5.41) is 12.2. The SMILES string of the molecule is COc1ccc([C@H]2C[C@@]3(C)C(=O)CC[C@H]3[C@@H]3CC[C@@]4(O)CC5(CCC4=C32)OCC(C)(C)CO5)cc1. The average Bonchev–Trinajstić information content (AvgIpc) is 3.14. The fourth-order valence-electron chi connectivity index (χ4n) is 8.16. The Morgan fingerprint density at radius 2 is 1.71 bits per heavy atom. The lowest BCUT2D eigenvalue weighted by molar-refractivity contribution is -0.322. The lowest BCUT2D eigenvalue weighted by atomic mass is 9.51. The second-order valence-electron chi connectivity index (χ2n) is 13.0. The van der Waals surface area contributed by atoms with Crippen LogP contribution < -0.4 is 4.74 Å². The van der Waals surface area contributed by atoms with Gasteiger partial charge in [0.25, 0.3) is 0 Å². The van der Waals surface area contributed by atoms with Crippen LogP contribution in [0.3, 0.4) is 0 Å². The van der Waals surface area contributed by atoms with Gasteiger partial charge in [0.2, 0.25) is 0 Å². The van der Waals surface area contributed by atoms with E-state index in [1.807, 2.05) is 12.1 Å². The maximum absolute atomic E-state index is 13.2. The van der Waals surface area contributed by atoms with Crippen LogP contribution in [0, 0.1) is 22.7 Å². The summed E-state index contributed by atoms with van der Waals surface area (Å²) >= 11 is 0. The summed E-state index contributed by atoms with van der Waals surface area (Å²) in [6.45, 7) is 7.87. The minimum atomic E-state index is -0.896. The highest BCUT2D eigenvalue weighted by molar-refractivity contribution is 5.87. The van der Waals surface area contributed by atoms with Crippen molar-refractivity contribution in [1.29, 1.82) is 0 Å². The van der Waals surface area contributed by atoms with Gasteiger partial charge in [-0.2, -0.15) is 0 Å². The number of ether oxygens (including phenoxy) is 3. The van der Waals surface area contributed by atoms with Crippen LogP contribution >= 0.6 is 0 Å². The smallest absolute Gasteiger partial charge is 0.171 e. The molecule has 5 heteroatoms. The molecule has 0 bridgehead atoms. The number of Topliss-reactive ketones (excluding diaryl/α,β-unsaturated/α-hetero) is 1. The number of allylic oxidation sites excluding steroid dienone is 1. The van der Waals surface area contributed by atoms with Gasteiger partial charge in [-0.15, -0.1) is 0 Å². The summed E-state index contributed by atoms with van der Waals surface area (Å²) in [6, 6.07) is 8.36. The average molecular weight is 481 g/mol. The van der Waals surface area contributed by atoms with Crippen LogP contribution in [0.5, 0.6) is 5.75 Å². The second kappa shape index (κ2) is 7.90. The molecule has 190 valence electrons. The number of rotatable bonds is 2. The van der Waals surface area contributed by atoms with E-state index in [0.717, 1.165) is 44.3 Å². The van der Waals surface area contributed by atoms with Gasteiger partial charge in [-0.1, -0.05) is 38.5 Å². The van der Waals surface area contributed by atoms with Crippen LogP contribution in [0.25, 0.3) is 0 Å². The zero-order chi connectivity index (χ0) is 24.6. The third-order valence-electron chi connectivity index (χ3n) is 10.1. The van der Waals surface area contributed by atoms with Crippen molar-refractivity contribution in [2.24, 2.45) is 22.7 Å². The quantitative estimate of drug-likeness (QED) is 0.562. The molecule has 5 aliphatic rings. The molecule has 1 aliphatic heterocycles. The number of aliphatic hydroxyl groups is 1. The molecule has 1 aromatic carbocycles. The fourth-order valence-corrected chi connectivity index (χ4v) is 8.16. The van der Waals surface area contributed by atoms with E-state index in [2.05, 4.69) is 32.9 Å². The van der Waals surface area contributed by atoms with Gasteiger partial charge in [-0.3, -0.25) is 4.79 Å². The Balaban J connectivity index is 1.42. The lowest BCUT2D eigenvalue weighted by Gasteiger charge is -2.56. The first kappa shape index (κ1) is 23.7. The zero-order valence-corrected chi connectivity index (χ0v) is 21.7. The van der Waals surface area contributed by atoms with E-state index < -0.39 is 11.4 Å². The first-order valence-electron chi connectivity index (χ1n) is 13.5. The van der Waals surface area contributed by atoms with Crippen LogP contribution in [0.2, 0.25) is 0 Å². The van der Waals surface area contributed by atoms with Gasteiger partial charge in [-0.25, -0.2) is 0 Å². The normalized spacial score (nSPS) is 39.7. The van der Waals surface area contributed by atoms with E-state index >= 15 is 0 Å². The molecule has 5 atom stereocenters. The lowest BCUT2D eigenvalue weighted by Crippen LogP contribution is -2.57. The Bertz CT molecular complexity index is 1050. The topological polar surface area (TPSA) is 65.0 Å². The predicted octanol–water partition coefficient (Wildman–Crippen LogP) is 5.56. The van der Waals surface area contributed by atoms with E-state index in [4.69, 9.17) is 14.2 Å². The maximum atomic E-state index is 13.2. The molecule has 4 aliphatic carbocycles. The Hall–Kier alpha value is -1.69. The number of carbonyl (C=O) groups excluding carboxylic acids is 1. The summed E-state index contributed by atoms with van der Waals surface area (Å²) in [4.78, 5) is 13.2. The Morgan fingerprint density at radius 1 is 1.00 bits per heavy atom. The van der Waals surface area contributed by atoms with Crippen molar-refractivity contribution in [3.8, 4) is 5.75 Å². The zero-order valence-electron chi connectivity index (χ0n) is 21.7. The largest absolute Gasteiger partial charge is 0.497 e. The van der Waals surface area contributed by atoms with E-state index in [1.165, 1.54) is 16.7 Å². The number of hydrogen-bond donors (Lipinski definition) is 1. The van der Waals surface area contributed by atoms with Crippen molar-refractivity contribution in [2.45, 2.75) is 89.4 Å². The third-order valence-corrected chi connectivity index (χ3v) is 10.1. The van der Waals surface area contributed by atoms with Crippen molar-refractivity contribution in [1.82, 2.24) is 0 Å². The summed E-state index contributed by atoms with van der Waals surface area (Å²) in [5.41, 5.74) is 2.71. The number of hydrogen-bond acceptors (Lipinski definition) is 5. The van der Waals surface area contributed by atoms with Gasteiger partial charge >= 0.3 is 0 Å². The molecule has 35 heavy (non-hydrogen) atoms. The van der Waals surface area contributed by atoms with Gasteiger partial charge in [-0.05, 0) is 67.2 Å². The maximum Gasteiger partial charge on any atom is 0.171 e. The van der Waals surface area contributed by atoms with Gasteiger partial charge in [0.05, 0.1) is 25.9 Å². The summed E-state index contributed by atoms with van der Waals surface area (Å²) in [6.07, 6.45) is 6.26. The molecule has 0 unspecified atom stereocenters. The molecule has 0 radical (unpaired) electrons. The van der Waals surface area contributed by atoms with Crippen LogP contribution in [0.15, 0.2) is 35.4 Å². The molecule has 6 rings (SSSR count). The van der Waals surface area contributed by atoms with Crippen molar-refractivity contribution in [2.75, 3.05) is 20.3 Å². The molecule has 3 saturated carbocycles. The molecule has 1 spiro atoms. The standard InChI is InChI=1S/C30H40O5/c1-27(2)17-34-30(35-18-27)14-12-24-26-21(11-13-29(24,32)16-30)23-9-10-25(31)28(23,3)15-22(26)19-5-7-20(33-4)8-6-19/h5-8,21-23,32H,9-18H2,1-4H3/t21-,22+,23-,28+,29+/m0/s1. The Kier molecular flexibility index (Phi) is 5.35. The molecule has 1 saturated heterocycles. The number of fused-ring (bicyclic) bond motifs is 4. The van der Waals surface area contributed by atoms with Gasteiger partial charge < -0.3 is 19.3 Å². The molecule has 5 nitrogen and oxygen atoms in total. The fraction of sp³-hybridized carbons (Fsp3) is 0.700. The number of benzene rings is 1. The summed E-state index contributed by atoms with van der Waals surface area (Å²) in [7, 11) is 1.69. The van der Waals surface area contributed by atoms with Gasteiger partial charge in [0.15, 0.2) is 5.79 Å². The molecular formula is C30H40O5. The molecule has 1 N–H and O–H groups in total. The molecular weight excluding hydrogens is 440 g/mol. The third kappa shape index (κ3) is 3.64. The number of carbonyl (C=O) groups is 1. The second-order valence-corrected chi connectivity index (χ2v) is 13.0. The molecule has 1 heterocycles. The molecule has 1 aromatic rings. The van der Waals surface area contributed by atoms with E-state index in [-0.39, 0.29) is 16.7 Å². The first-order chi connectivity index (χ1) is 16.6. The minimum Gasteiger partial charge on any atom is -0.497 e. The van der Waals surface area contributed by atoms with Crippen molar-refractivity contribution >= 4 is 5.78 Å². The van der Waals surface area contributed by atoms with Crippen LogP contribution in [0.1, 0.15) is 83.6 Å². The monoisotopic (exact) mass is 480 g/mol. The van der Waals surface area contributed by atoms with E-state index in [0.29, 0.717) is 43.7 Å². The number of ketones is 1. The van der Waals surface area contributed by atoms with E-state index in [9.17, 15) is 9.90 Å². The van der Waals surface area contributed by atoms with Crippen LogP contribution in [-0.2, 0) is 14.3 Å². The Morgan fingerprint density at radius 3 is 2.40 bits per heavy atom. The predicted molar refractivity (Wildman–Crippen MR) is 133 cm³/mol. The highest BCUT2D eigenvalue weighted by atomic mass is 16.7. The summed E-state index contributed by atoms with van der Waals surface area (Å²) < 4.78 is 18.1. The molecule has 0 aromatic heterocycles. The number of methoxy groups -OCH3 is 1. The van der Waals surface area contributed by atoms with Crippen LogP contribution in [0.4, 0.5) is 0 Å². The first-order valence-corrected chi connectivity index (χ1v) is 13.5. The van der Waals surface area contributed by atoms with Crippen LogP contribution in [-0.4, -0.2) is 42.6 Å². The minimum absolute atomic E-state index is 0.00652. The Labute approximate surface area is 209 Å². The van der Waals surface area contributed by atoms with Crippen molar-refractivity contribution < 1.29 is 24.1 Å². The van der Waals surface area contributed by atoms with E-state index in [1.54, 1.807) is 7.11 Å². The summed E-state index contributed by atoms with van der Waals surface area (Å²) in [5.74, 6) is 1.49. The van der Waals surface area contributed by atoms with Gasteiger partial charge in [0, 0.05) is 36.0 Å². The van der Waals surface area contributed by atoms with Crippen molar-refractivity contribution in [3.05, 3.63) is 41.0 Å². The van der Waals surface area contributed by atoms with Crippen molar-refractivity contribution in [3.63, 3.8) is 0 Å². The molecule has 0 amide bonds. The molecule has 4 fully saturated rings.